The molecule has 8 heteroatoms. The summed E-state index contributed by atoms with van der Waals surface area (Å²) < 4.78 is 1.97. The average Bonchev–Trinajstić information content (AvgIpc) is 3.18. The summed E-state index contributed by atoms with van der Waals surface area (Å²) in [7, 11) is 1.96. The van der Waals surface area contributed by atoms with Crippen molar-refractivity contribution in [1.29, 1.82) is 0 Å². The van der Waals surface area contributed by atoms with E-state index >= 15 is 0 Å². The molecule has 1 unspecified atom stereocenters. The van der Waals surface area contributed by atoms with Crippen LogP contribution >= 0.6 is 11.3 Å². The Morgan fingerprint density at radius 1 is 1.38 bits per heavy atom. The minimum atomic E-state index is -0.408. The lowest BCUT2D eigenvalue weighted by Crippen LogP contribution is -2.14. The van der Waals surface area contributed by atoms with Crippen molar-refractivity contribution in [1.82, 2.24) is 14.5 Å². The van der Waals surface area contributed by atoms with Crippen molar-refractivity contribution in [2.24, 2.45) is 12.8 Å². The molecule has 2 aromatic heterocycles. The SMILES string of the molecule is Cn1cncc1Cc1nc(C(N)Cc2ccc([N+](=O)[O-])cc2)cs1. The maximum Gasteiger partial charge on any atom is 0.269 e. The zero-order chi connectivity index (χ0) is 17.1. The Hall–Kier alpha value is -2.58. The van der Waals surface area contributed by atoms with Crippen LogP contribution in [0.3, 0.4) is 0 Å². The number of aryl methyl sites for hydroxylation is 1. The molecule has 24 heavy (non-hydrogen) atoms. The predicted octanol–water partition coefficient (Wildman–Crippen LogP) is 2.62. The summed E-state index contributed by atoms with van der Waals surface area (Å²) >= 11 is 1.58. The number of aromatic nitrogens is 3. The summed E-state index contributed by atoms with van der Waals surface area (Å²) in [5.41, 5.74) is 9.21. The third-order valence-electron chi connectivity index (χ3n) is 3.80. The van der Waals surface area contributed by atoms with E-state index in [1.165, 1.54) is 12.1 Å². The van der Waals surface area contributed by atoms with Crippen LogP contribution in [0.2, 0.25) is 0 Å². The van der Waals surface area contributed by atoms with E-state index in [0.29, 0.717) is 6.42 Å². The number of nitro groups is 1. The topological polar surface area (TPSA) is 99.9 Å². The molecule has 1 aromatic carbocycles. The van der Waals surface area contributed by atoms with E-state index in [1.807, 2.05) is 23.2 Å². The van der Waals surface area contributed by atoms with Crippen molar-refractivity contribution in [2.45, 2.75) is 18.9 Å². The number of nitrogens with zero attached hydrogens (tertiary/aromatic N) is 4. The highest BCUT2D eigenvalue weighted by Gasteiger charge is 2.13. The molecule has 0 aliphatic rings. The van der Waals surface area contributed by atoms with Gasteiger partial charge in [-0.25, -0.2) is 9.97 Å². The number of hydrogen-bond acceptors (Lipinski definition) is 6. The molecule has 0 amide bonds. The summed E-state index contributed by atoms with van der Waals surface area (Å²) in [4.78, 5) is 19.0. The summed E-state index contributed by atoms with van der Waals surface area (Å²) in [6, 6.07) is 6.23. The van der Waals surface area contributed by atoms with Crippen LogP contribution < -0.4 is 5.73 Å². The zero-order valence-electron chi connectivity index (χ0n) is 13.1. The van der Waals surface area contributed by atoms with Crippen LogP contribution in [0.5, 0.6) is 0 Å². The van der Waals surface area contributed by atoms with E-state index in [-0.39, 0.29) is 11.7 Å². The number of hydrogen-bond donors (Lipinski definition) is 1. The molecule has 0 fully saturated rings. The number of imidazole rings is 1. The first kappa shape index (κ1) is 16.3. The number of rotatable bonds is 6. The lowest BCUT2D eigenvalue weighted by atomic mass is 10.0. The van der Waals surface area contributed by atoms with Gasteiger partial charge in [0.25, 0.3) is 5.69 Å². The van der Waals surface area contributed by atoms with E-state index in [2.05, 4.69) is 9.97 Å². The molecule has 0 bridgehead atoms. The third kappa shape index (κ3) is 3.66. The molecule has 0 aliphatic carbocycles. The summed E-state index contributed by atoms with van der Waals surface area (Å²) in [5, 5.41) is 13.6. The highest BCUT2D eigenvalue weighted by atomic mass is 32.1. The standard InChI is InChI=1S/C16H17N5O2S/c1-20-10-18-8-13(20)7-16-19-15(9-24-16)14(17)6-11-2-4-12(5-3-11)21(22)23/h2-5,8-10,14H,6-7,17H2,1H3. The molecule has 0 saturated heterocycles. The minimum absolute atomic E-state index is 0.0828. The van der Waals surface area contributed by atoms with Crippen LogP contribution in [0.25, 0.3) is 0 Å². The van der Waals surface area contributed by atoms with Crippen LogP contribution in [0.15, 0.2) is 42.2 Å². The van der Waals surface area contributed by atoms with Crippen LogP contribution in [0, 0.1) is 10.1 Å². The number of nitro benzene ring substituents is 1. The van der Waals surface area contributed by atoms with Gasteiger partial charge in [-0.05, 0) is 12.0 Å². The Morgan fingerprint density at radius 3 is 2.75 bits per heavy atom. The molecule has 0 aliphatic heterocycles. The molecule has 2 N–H and O–H groups in total. The maximum atomic E-state index is 10.7. The Labute approximate surface area is 142 Å². The van der Waals surface area contributed by atoms with Gasteiger partial charge in [0.15, 0.2) is 0 Å². The van der Waals surface area contributed by atoms with Gasteiger partial charge in [-0.3, -0.25) is 10.1 Å². The largest absolute Gasteiger partial charge is 0.337 e. The number of nitrogens with two attached hydrogens (primary N) is 1. The van der Waals surface area contributed by atoms with Gasteiger partial charge in [-0.1, -0.05) is 12.1 Å². The van der Waals surface area contributed by atoms with Crippen LogP contribution in [-0.4, -0.2) is 19.5 Å². The van der Waals surface area contributed by atoms with Crippen molar-refractivity contribution >= 4 is 17.0 Å². The minimum Gasteiger partial charge on any atom is -0.337 e. The molecule has 0 spiro atoms. The third-order valence-corrected chi connectivity index (χ3v) is 4.67. The molecule has 7 nitrogen and oxygen atoms in total. The van der Waals surface area contributed by atoms with Crippen molar-refractivity contribution in [3.63, 3.8) is 0 Å². The monoisotopic (exact) mass is 343 g/mol. The van der Waals surface area contributed by atoms with Gasteiger partial charge in [0.2, 0.25) is 0 Å². The second-order valence-corrected chi connectivity index (χ2v) is 6.52. The van der Waals surface area contributed by atoms with Gasteiger partial charge in [0.05, 0.1) is 28.0 Å². The molecule has 1 atom stereocenters. The summed E-state index contributed by atoms with van der Waals surface area (Å²) in [6.07, 6.45) is 4.92. The Morgan fingerprint density at radius 2 is 2.12 bits per heavy atom. The zero-order valence-corrected chi connectivity index (χ0v) is 13.9. The van der Waals surface area contributed by atoms with Crippen LogP contribution in [0.1, 0.15) is 28.0 Å². The van der Waals surface area contributed by atoms with E-state index in [9.17, 15) is 10.1 Å². The fourth-order valence-corrected chi connectivity index (χ4v) is 3.27. The van der Waals surface area contributed by atoms with Crippen LogP contribution in [0.4, 0.5) is 5.69 Å². The van der Waals surface area contributed by atoms with Crippen molar-refractivity contribution in [3.05, 3.63) is 74.2 Å². The highest BCUT2D eigenvalue weighted by molar-refractivity contribution is 7.09. The normalized spacial score (nSPS) is 12.2. The Bertz CT molecular complexity index is 840. The molecule has 124 valence electrons. The first-order valence-electron chi connectivity index (χ1n) is 7.41. The number of thiazole rings is 1. The lowest BCUT2D eigenvalue weighted by Gasteiger charge is -2.08. The first-order valence-corrected chi connectivity index (χ1v) is 8.29. The quantitative estimate of drug-likeness (QED) is 0.548. The lowest BCUT2D eigenvalue weighted by molar-refractivity contribution is -0.384. The molecule has 3 aromatic rings. The van der Waals surface area contributed by atoms with E-state index in [4.69, 9.17) is 5.73 Å². The van der Waals surface area contributed by atoms with Crippen LogP contribution in [-0.2, 0) is 19.9 Å². The van der Waals surface area contributed by atoms with Gasteiger partial charge >= 0.3 is 0 Å². The smallest absolute Gasteiger partial charge is 0.269 e. The highest BCUT2D eigenvalue weighted by Crippen LogP contribution is 2.22. The Balaban J connectivity index is 1.66. The van der Waals surface area contributed by atoms with Crippen molar-refractivity contribution in [2.75, 3.05) is 0 Å². The second-order valence-electron chi connectivity index (χ2n) is 5.57. The van der Waals surface area contributed by atoms with E-state index < -0.39 is 4.92 Å². The van der Waals surface area contributed by atoms with Gasteiger partial charge in [-0.2, -0.15) is 0 Å². The Kier molecular flexibility index (Phi) is 4.68. The fraction of sp³-hybridized carbons (Fsp3) is 0.250. The van der Waals surface area contributed by atoms with Gasteiger partial charge in [0, 0.05) is 42.9 Å². The molecule has 0 saturated carbocycles. The van der Waals surface area contributed by atoms with Gasteiger partial charge in [0.1, 0.15) is 0 Å². The first-order chi connectivity index (χ1) is 11.5. The van der Waals surface area contributed by atoms with E-state index in [1.54, 1.807) is 29.8 Å². The van der Waals surface area contributed by atoms with Crippen molar-refractivity contribution < 1.29 is 4.92 Å². The summed E-state index contributed by atoms with van der Waals surface area (Å²) in [6.45, 7) is 0. The average molecular weight is 343 g/mol. The second kappa shape index (κ2) is 6.90. The predicted molar refractivity (Wildman–Crippen MR) is 91.9 cm³/mol. The molecule has 2 heterocycles. The summed E-state index contributed by atoms with van der Waals surface area (Å²) in [5.74, 6) is 0. The van der Waals surface area contributed by atoms with E-state index in [0.717, 1.165) is 28.4 Å². The van der Waals surface area contributed by atoms with Gasteiger partial charge in [-0.15, -0.1) is 11.3 Å². The van der Waals surface area contributed by atoms with Crippen molar-refractivity contribution in [3.8, 4) is 0 Å². The molecule has 3 rings (SSSR count). The molecule has 0 radical (unpaired) electrons. The maximum absolute atomic E-state index is 10.7. The number of benzene rings is 1. The van der Waals surface area contributed by atoms with Gasteiger partial charge < -0.3 is 10.3 Å². The number of non-ortho nitro benzene ring substituents is 1. The fourth-order valence-electron chi connectivity index (χ4n) is 2.40. The molecular formula is C16H17N5O2S. The molecular weight excluding hydrogens is 326 g/mol.